The molecule has 2 aromatic rings. The third-order valence-electron chi connectivity index (χ3n) is 3.42. The summed E-state index contributed by atoms with van der Waals surface area (Å²) in [5.41, 5.74) is 3.17. The van der Waals surface area contributed by atoms with Crippen LogP contribution in [0.4, 0.5) is 10.8 Å². The molecule has 0 spiro atoms. The molecule has 0 unspecified atom stereocenters. The Bertz CT molecular complexity index is 674. The lowest BCUT2D eigenvalue weighted by Crippen LogP contribution is -2.21. The maximum absolute atomic E-state index is 11.9. The Kier molecular flexibility index (Phi) is 5.24. The summed E-state index contributed by atoms with van der Waals surface area (Å²) in [6.45, 7) is 9.97. The van der Waals surface area contributed by atoms with Crippen molar-refractivity contribution in [2.75, 3.05) is 11.1 Å². The summed E-state index contributed by atoms with van der Waals surface area (Å²) in [4.78, 5) is 11.9. The number of nitrogens with zero attached hydrogens (tertiary/aromatic N) is 2. The average Bonchev–Trinajstić information content (AvgIpc) is 2.88. The number of aromatic nitrogens is 2. The summed E-state index contributed by atoms with van der Waals surface area (Å²) in [5, 5.41) is 12.3. The number of carbonyl (C=O) groups is 1. The molecule has 1 aromatic heterocycles. The quantitative estimate of drug-likeness (QED) is 0.809. The number of carbonyl (C=O) groups excluding carboxylic acids is 1. The van der Waals surface area contributed by atoms with Crippen molar-refractivity contribution in [3.63, 3.8) is 0 Å². The van der Waals surface area contributed by atoms with Crippen molar-refractivity contribution in [2.24, 2.45) is 5.41 Å². The molecule has 0 atom stereocenters. The molecule has 1 N–H and O–H groups in total. The Balaban J connectivity index is 2.00. The van der Waals surface area contributed by atoms with Crippen LogP contribution in [-0.4, -0.2) is 21.7 Å². The van der Waals surface area contributed by atoms with Crippen molar-refractivity contribution in [1.82, 2.24) is 10.2 Å². The van der Waals surface area contributed by atoms with Gasteiger partial charge in [0.1, 0.15) is 5.78 Å². The van der Waals surface area contributed by atoms with E-state index >= 15 is 0 Å². The van der Waals surface area contributed by atoms with Crippen LogP contribution in [0, 0.1) is 19.3 Å². The smallest absolute Gasteiger partial charge is 0.210 e. The van der Waals surface area contributed by atoms with E-state index in [-0.39, 0.29) is 11.2 Å². The largest absolute Gasteiger partial charge is 0.330 e. The van der Waals surface area contributed by atoms with E-state index in [9.17, 15) is 4.79 Å². The van der Waals surface area contributed by atoms with E-state index in [0.717, 1.165) is 15.2 Å². The van der Waals surface area contributed by atoms with Gasteiger partial charge in [-0.15, -0.1) is 10.2 Å². The van der Waals surface area contributed by atoms with Crippen LogP contribution in [0.2, 0.25) is 0 Å². The fourth-order valence-corrected chi connectivity index (χ4v) is 3.59. The molecule has 0 fully saturated rings. The number of hydrogen-bond acceptors (Lipinski definition) is 6. The number of hydrogen-bond donors (Lipinski definition) is 1. The maximum atomic E-state index is 11.9. The summed E-state index contributed by atoms with van der Waals surface area (Å²) in [6, 6.07) is 6.13. The van der Waals surface area contributed by atoms with E-state index in [0.29, 0.717) is 5.75 Å². The van der Waals surface area contributed by atoms with E-state index in [2.05, 4.69) is 35.4 Å². The first kappa shape index (κ1) is 17.0. The fraction of sp³-hybridized carbons (Fsp3) is 0.438. The van der Waals surface area contributed by atoms with Crippen molar-refractivity contribution >= 4 is 39.7 Å². The molecule has 0 aliphatic carbocycles. The predicted octanol–water partition coefficient (Wildman–Crippen LogP) is 4.61. The summed E-state index contributed by atoms with van der Waals surface area (Å²) in [6.07, 6.45) is 0. The number of benzene rings is 1. The zero-order valence-corrected chi connectivity index (χ0v) is 15.2. The van der Waals surface area contributed by atoms with Crippen LogP contribution in [0.1, 0.15) is 31.9 Å². The zero-order valence-electron chi connectivity index (χ0n) is 13.6. The minimum atomic E-state index is -0.308. The first-order valence-electron chi connectivity index (χ1n) is 7.10. The van der Waals surface area contributed by atoms with Crippen LogP contribution in [0.3, 0.4) is 0 Å². The van der Waals surface area contributed by atoms with Crippen molar-refractivity contribution < 1.29 is 4.79 Å². The normalized spacial score (nSPS) is 11.5. The number of ketones is 1. The van der Waals surface area contributed by atoms with Crippen molar-refractivity contribution in [1.29, 1.82) is 0 Å². The Hall–Kier alpha value is -1.40. The second kappa shape index (κ2) is 6.79. The SMILES string of the molecule is Cc1cccc(Nc2nnc(SCC(=O)C(C)(C)C)s2)c1C. The van der Waals surface area contributed by atoms with Crippen molar-refractivity contribution in [3.8, 4) is 0 Å². The molecular formula is C16H21N3OS2. The maximum Gasteiger partial charge on any atom is 0.210 e. The standard InChI is InChI=1S/C16H21N3OS2/c1-10-7-6-8-12(11(10)2)17-14-18-19-15(22-14)21-9-13(20)16(3,4)5/h6-8H,9H2,1-5H3,(H,17,18). The van der Waals surface area contributed by atoms with Crippen LogP contribution in [0.5, 0.6) is 0 Å². The number of Topliss-reactive ketones (excluding diaryl/α,β-unsaturated/α-hetero) is 1. The van der Waals surface area contributed by atoms with Crippen LogP contribution >= 0.6 is 23.1 Å². The van der Waals surface area contributed by atoms with Gasteiger partial charge in [0.25, 0.3) is 0 Å². The molecule has 2 rings (SSSR count). The zero-order chi connectivity index (χ0) is 16.3. The van der Waals surface area contributed by atoms with Gasteiger partial charge < -0.3 is 5.32 Å². The molecule has 4 nitrogen and oxygen atoms in total. The summed E-state index contributed by atoms with van der Waals surface area (Å²) in [5.74, 6) is 0.651. The monoisotopic (exact) mass is 335 g/mol. The summed E-state index contributed by atoms with van der Waals surface area (Å²) in [7, 11) is 0. The van der Waals surface area contributed by atoms with Gasteiger partial charge in [-0.3, -0.25) is 4.79 Å². The van der Waals surface area contributed by atoms with E-state index < -0.39 is 0 Å². The molecule has 0 amide bonds. The molecule has 0 saturated heterocycles. The molecule has 0 aliphatic rings. The summed E-state index contributed by atoms with van der Waals surface area (Å²) < 4.78 is 0.811. The molecule has 6 heteroatoms. The summed E-state index contributed by atoms with van der Waals surface area (Å²) >= 11 is 2.92. The highest BCUT2D eigenvalue weighted by molar-refractivity contribution is 8.01. The van der Waals surface area contributed by atoms with E-state index in [1.165, 1.54) is 34.2 Å². The van der Waals surface area contributed by atoms with Crippen molar-refractivity contribution in [2.45, 2.75) is 39.0 Å². The third-order valence-corrected chi connectivity index (χ3v) is 5.39. The Labute approximate surface area is 139 Å². The molecule has 0 bridgehead atoms. The third kappa shape index (κ3) is 4.30. The Morgan fingerprint density at radius 3 is 2.68 bits per heavy atom. The first-order valence-corrected chi connectivity index (χ1v) is 8.90. The highest BCUT2D eigenvalue weighted by Crippen LogP contribution is 2.30. The van der Waals surface area contributed by atoms with Gasteiger partial charge in [-0.1, -0.05) is 56.0 Å². The van der Waals surface area contributed by atoms with E-state index in [1.54, 1.807) is 0 Å². The first-order chi connectivity index (χ1) is 10.3. The molecule has 1 aromatic carbocycles. The lowest BCUT2D eigenvalue weighted by atomic mass is 9.92. The van der Waals surface area contributed by atoms with Crippen molar-refractivity contribution in [3.05, 3.63) is 29.3 Å². The lowest BCUT2D eigenvalue weighted by Gasteiger charge is -2.15. The van der Waals surface area contributed by atoms with Gasteiger partial charge in [0, 0.05) is 11.1 Å². The Morgan fingerprint density at radius 2 is 2.00 bits per heavy atom. The van der Waals surface area contributed by atoms with Crippen LogP contribution in [0.15, 0.2) is 22.5 Å². The van der Waals surface area contributed by atoms with Gasteiger partial charge in [-0.2, -0.15) is 0 Å². The van der Waals surface area contributed by atoms with Gasteiger partial charge in [-0.25, -0.2) is 0 Å². The highest BCUT2D eigenvalue weighted by Gasteiger charge is 2.21. The van der Waals surface area contributed by atoms with Gasteiger partial charge in [0.2, 0.25) is 5.13 Å². The minimum absolute atomic E-state index is 0.219. The highest BCUT2D eigenvalue weighted by atomic mass is 32.2. The van der Waals surface area contributed by atoms with Crippen LogP contribution in [0.25, 0.3) is 0 Å². The fourth-order valence-electron chi connectivity index (χ4n) is 1.66. The number of thioether (sulfide) groups is 1. The second-order valence-electron chi connectivity index (χ2n) is 6.21. The lowest BCUT2D eigenvalue weighted by molar-refractivity contribution is -0.123. The van der Waals surface area contributed by atoms with Gasteiger partial charge in [0.15, 0.2) is 4.34 Å². The van der Waals surface area contributed by atoms with Crippen LogP contribution in [-0.2, 0) is 4.79 Å². The van der Waals surface area contributed by atoms with E-state index in [4.69, 9.17) is 0 Å². The van der Waals surface area contributed by atoms with Gasteiger partial charge in [0.05, 0.1) is 5.75 Å². The predicted molar refractivity (Wildman–Crippen MR) is 94.3 cm³/mol. The molecular weight excluding hydrogens is 314 g/mol. The molecule has 22 heavy (non-hydrogen) atoms. The number of rotatable bonds is 5. The topological polar surface area (TPSA) is 54.9 Å². The van der Waals surface area contributed by atoms with E-state index in [1.807, 2.05) is 32.9 Å². The molecule has 1 heterocycles. The second-order valence-corrected chi connectivity index (χ2v) is 8.41. The molecule has 0 aliphatic heterocycles. The number of nitrogens with one attached hydrogen (secondary N) is 1. The molecule has 118 valence electrons. The van der Waals surface area contributed by atoms with Gasteiger partial charge in [-0.05, 0) is 31.0 Å². The number of aryl methyl sites for hydroxylation is 1. The van der Waals surface area contributed by atoms with Gasteiger partial charge >= 0.3 is 0 Å². The molecule has 0 radical (unpaired) electrons. The average molecular weight is 335 g/mol. The Morgan fingerprint density at radius 1 is 1.27 bits per heavy atom. The molecule has 0 saturated carbocycles. The number of anilines is 2. The minimum Gasteiger partial charge on any atom is -0.330 e. The van der Waals surface area contributed by atoms with Crippen LogP contribution < -0.4 is 5.32 Å².